The highest BCUT2D eigenvalue weighted by atomic mass is 35.5. The second-order valence-electron chi connectivity index (χ2n) is 6.89. The van der Waals surface area contributed by atoms with Crippen LogP contribution in [0.3, 0.4) is 0 Å². The summed E-state index contributed by atoms with van der Waals surface area (Å²) in [4.78, 5) is 12.7. The average Bonchev–Trinajstić information content (AvgIpc) is 3.22. The number of ether oxygens (including phenoxy) is 1. The molecule has 0 unspecified atom stereocenters. The first-order valence-electron chi connectivity index (χ1n) is 9.62. The summed E-state index contributed by atoms with van der Waals surface area (Å²) < 4.78 is 7.48. The molecule has 31 heavy (non-hydrogen) atoms. The molecule has 1 aromatic heterocycles. The summed E-state index contributed by atoms with van der Waals surface area (Å²) in [6.07, 6.45) is 1.80. The molecular formula is C24H19Cl2N3O2. The van der Waals surface area contributed by atoms with Crippen molar-refractivity contribution >= 4 is 34.9 Å². The molecule has 7 heteroatoms. The number of rotatable bonds is 7. The molecule has 0 saturated heterocycles. The van der Waals surface area contributed by atoms with Crippen LogP contribution in [0.4, 0.5) is 5.82 Å². The van der Waals surface area contributed by atoms with Gasteiger partial charge in [0.1, 0.15) is 12.4 Å². The number of nitrogens with one attached hydrogen (secondary N) is 1. The quantitative estimate of drug-likeness (QED) is 0.370. The van der Waals surface area contributed by atoms with Crippen molar-refractivity contribution in [1.29, 1.82) is 0 Å². The number of benzene rings is 3. The molecule has 3 aromatic carbocycles. The topological polar surface area (TPSA) is 56.2 Å². The summed E-state index contributed by atoms with van der Waals surface area (Å²) in [6, 6.07) is 23.8. The van der Waals surface area contributed by atoms with Gasteiger partial charge < -0.3 is 10.1 Å². The van der Waals surface area contributed by atoms with E-state index in [1.807, 2.05) is 36.4 Å². The largest absolute Gasteiger partial charge is 0.489 e. The summed E-state index contributed by atoms with van der Waals surface area (Å²) in [5.41, 5.74) is 2.36. The third-order valence-corrected chi connectivity index (χ3v) is 5.20. The van der Waals surface area contributed by atoms with Crippen molar-refractivity contribution < 1.29 is 9.53 Å². The Hall–Kier alpha value is -3.28. The maximum Gasteiger partial charge on any atom is 0.256 e. The maximum absolute atomic E-state index is 12.7. The number of halogens is 2. The number of amides is 1. The fourth-order valence-electron chi connectivity index (χ4n) is 3.01. The van der Waals surface area contributed by atoms with E-state index >= 15 is 0 Å². The summed E-state index contributed by atoms with van der Waals surface area (Å²) in [5.74, 6) is 0.944. The van der Waals surface area contributed by atoms with Crippen LogP contribution in [0, 0.1) is 0 Å². The zero-order valence-corrected chi connectivity index (χ0v) is 18.0. The average molecular weight is 452 g/mol. The van der Waals surface area contributed by atoms with Gasteiger partial charge in [-0.15, -0.1) is 0 Å². The fraction of sp³-hybridized carbons (Fsp3) is 0.0833. The van der Waals surface area contributed by atoms with Gasteiger partial charge in [-0.1, -0.05) is 53.5 Å². The minimum absolute atomic E-state index is 0.240. The number of anilines is 1. The van der Waals surface area contributed by atoms with Gasteiger partial charge in [-0.3, -0.25) is 9.48 Å². The Morgan fingerprint density at radius 1 is 0.968 bits per heavy atom. The second-order valence-corrected chi connectivity index (χ2v) is 7.73. The summed E-state index contributed by atoms with van der Waals surface area (Å²) >= 11 is 12.1. The number of hydrogen-bond acceptors (Lipinski definition) is 3. The summed E-state index contributed by atoms with van der Waals surface area (Å²) in [5, 5.41) is 8.57. The van der Waals surface area contributed by atoms with Crippen molar-refractivity contribution in [3.05, 3.63) is 112 Å². The standard InChI is InChI=1S/C24H19Cl2N3O2/c25-20-8-10-21(11-9-20)31-16-17-4-3-6-18(14-17)24(30)27-23-12-13-29(28-23)15-19-5-1-2-7-22(19)26/h1-14H,15-16H2,(H,27,28,30). The molecule has 0 spiro atoms. The van der Waals surface area contributed by atoms with E-state index in [1.165, 1.54) is 0 Å². The molecule has 5 nitrogen and oxygen atoms in total. The van der Waals surface area contributed by atoms with Crippen molar-refractivity contribution in [2.45, 2.75) is 13.2 Å². The predicted octanol–water partition coefficient (Wildman–Crippen LogP) is 6.07. The van der Waals surface area contributed by atoms with E-state index in [1.54, 1.807) is 53.3 Å². The Labute approximate surface area is 190 Å². The molecule has 0 saturated carbocycles. The molecule has 0 aliphatic rings. The van der Waals surface area contributed by atoms with E-state index in [4.69, 9.17) is 27.9 Å². The van der Waals surface area contributed by atoms with Gasteiger partial charge >= 0.3 is 0 Å². The Kier molecular flexibility index (Phi) is 6.55. The number of aromatic nitrogens is 2. The van der Waals surface area contributed by atoms with Crippen LogP contribution in [0.1, 0.15) is 21.5 Å². The van der Waals surface area contributed by atoms with Crippen LogP contribution < -0.4 is 10.1 Å². The minimum Gasteiger partial charge on any atom is -0.489 e. The molecule has 1 heterocycles. The van der Waals surface area contributed by atoms with Gasteiger partial charge in [-0.2, -0.15) is 5.10 Å². The Morgan fingerprint density at radius 3 is 2.58 bits per heavy atom. The smallest absolute Gasteiger partial charge is 0.256 e. The van der Waals surface area contributed by atoms with Gasteiger partial charge in [0.25, 0.3) is 5.91 Å². The molecule has 0 radical (unpaired) electrons. The van der Waals surface area contributed by atoms with Gasteiger partial charge in [0.15, 0.2) is 5.82 Å². The molecular weight excluding hydrogens is 433 g/mol. The highest BCUT2D eigenvalue weighted by molar-refractivity contribution is 6.31. The van der Waals surface area contributed by atoms with Gasteiger partial charge in [-0.05, 0) is 53.6 Å². The minimum atomic E-state index is -0.240. The number of carbonyl (C=O) groups excluding carboxylic acids is 1. The van der Waals surface area contributed by atoms with E-state index in [9.17, 15) is 4.79 Å². The SMILES string of the molecule is O=C(Nc1ccn(Cc2ccccc2Cl)n1)c1cccc(COc2ccc(Cl)cc2)c1. The Bertz CT molecular complexity index is 1190. The van der Waals surface area contributed by atoms with E-state index < -0.39 is 0 Å². The molecule has 1 N–H and O–H groups in total. The van der Waals surface area contributed by atoms with Crippen LogP contribution in [0.15, 0.2) is 85.1 Å². The van der Waals surface area contributed by atoms with Crippen molar-refractivity contribution in [3.63, 3.8) is 0 Å². The first kappa shape index (κ1) is 21.0. The molecule has 0 aliphatic heterocycles. The number of hydrogen-bond donors (Lipinski definition) is 1. The van der Waals surface area contributed by atoms with Crippen LogP contribution in [-0.2, 0) is 13.2 Å². The molecule has 0 atom stereocenters. The van der Waals surface area contributed by atoms with E-state index in [2.05, 4.69) is 10.4 Å². The van der Waals surface area contributed by atoms with Crippen LogP contribution in [0.25, 0.3) is 0 Å². The van der Waals surface area contributed by atoms with Gasteiger partial charge in [-0.25, -0.2) is 0 Å². The van der Waals surface area contributed by atoms with Crippen molar-refractivity contribution in [3.8, 4) is 5.75 Å². The lowest BCUT2D eigenvalue weighted by Crippen LogP contribution is -2.13. The molecule has 0 fully saturated rings. The van der Waals surface area contributed by atoms with E-state index in [0.717, 1.165) is 11.1 Å². The van der Waals surface area contributed by atoms with Crippen LogP contribution >= 0.6 is 23.2 Å². The van der Waals surface area contributed by atoms with Crippen LogP contribution in [0.2, 0.25) is 10.0 Å². The number of carbonyl (C=O) groups is 1. The highest BCUT2D eigenvalue weighted by Crippen LogP contribution is 2.18. The molecule has 4 aromatic rings. The predicted molar refractivity (Wildman–Crippen MR) is 123 cm³/mol. The van der Waals surface area contributed by atoms with Crippen molar-refractivity contribution in [2.75, 3.05) is 5.32 Å². The summed E-state index contributed by atoms with van der Waals surface area (Å²) in [7, 11) is 0. The fourth-order valence-corrected chi connectivity index (χ4v) is 3.33. The molecule has 1 amide bonds. The zero-order valence-electron chi connectivity index (χ0n) is 16.5. The van der Waals surface area contributed by atoms with E-state index in [-0.39, 0.29) is 5.91 Å². The number of nitrogens with zero attached hydrogens (tertiary/aromatic N) is 2. The van der Waals surface area contributed by atoms with Crippen molar-refractivity contribution in [1.82, 2.24) is 9.78 Å². The van der Waals surface area contributed by atoms with Gasteiger partial charge in [0, 0.05) is 27.9 Å². The Morgan fingerprint density at radius 2 is 1.77 bits per heavy atom. The summed E-state index contributed by atoms with van der Waals surface area (Å²) in [6.45, 7) is 0.863. The van der Waals surface area contributed by atoms with Crippen LogP contribution in [0.5, 0.6) is 5.75 Å². The van der Waals surface area contributed by atoms with Gasteiger partial charge in [0.2, 0.25) is 0 Å². The lowest BCUT2D eigenvalue weighted by molar-refractivity contribution is 0.102. The lowest BCUT2D eigenvalue weighted by Gasteiger charge is -2.08. The lowest BCUT2D eigenvalue weighted by atomic mass is 10.1. The van der Waals surface area contributed by atoms with Crippen LogP contribution in [-0.4, -0.2) is 15.7 Å². The van der Waals surface area contributed by atoms with E-state index in [0.29, 0.717) is 40.3 Å². The highest BCUT2D eigenvalue weighted by Gasteiger charge is 2.10. The maximum atomic E-state index is 12.7. The Balaban J connectivity index is 1.37. The third-order valence-electron chi connectivity index (χ3n) is 4.58. The van der Waals surface area contributed by atoms with Crippen molar-refractivity contribution in [2.24, 2.45) is 0 Å². The molecule has 4 rings (SSSR count). The molecule has 156 valence electrons. The monoisotopic (exact) mass is 451 g/mol. The van der Waals surface area contributed by atoms with Gasteiger partial charge in [0.05, 0.1) is 6.54 Å². The molecule has 0 bridgehead atoms. The zero-order chi connectivity index (χ0) is 21.6. The first-order valence-corrected chi connectivity index (χ1v) is 10.4. The normalized spacial score (nSPS) is 10.6. The third kappa shape index (κ3) is 5.66. The first-order chi connectivity index (χ1) is 15.1. The molecule has 0 aliphatic carbocycles. The second kappa shape index (κ2) is 9.69.